The standard InChI is InChI=1S/C12H22N2O2S/c1-12(7-5-4-6-8-12)9(10(15)13-2)11(14-16)17-3/h9,16H,4-8H2,1-3H3,(H,13,15). The fourth-order valence-electron chi connectivity index (χ4n) is 2.74. The van der Waals surface area contributed by atoms with Crippen LogP contribution in [0.3, 0.4) is 0 Å². The van der Waals surface area contributed by atoms with Gasteiger partial charge >= 0.3 is 0 Å². The van der Waals surface area contributed by atoms with Crippen LogP contribution in [-0.4, -0.2) is 29.5 Å². The monoisotopic (exact) mass is 258 g/mol. The lowest BCUT2D eigenvalue weighted by atomic mass is 9.67. The highest BCUT2D eigenvalue weighted by Crippen LogP contribution is 2.44. The molecule has 0 aliphatic heterocycles. The maximum atomic E-state index is 12.1. The fraction of sp³-hybridized carbons (Fsp3) is 0.833. The highest BCUT2D eigenvalue weighted by molar-refractivity contribution is 8.13. The number of nitrogens with zero attached hydrogens (tertiary/aromatic N) is 1. The summed E-state index contributed by atoms with van der Waals surface area (Å²) in [5.41, 5.74) is -0.0804. The van der Waals surface area contributed by atoms with E-state index in [0.29, 0.717) is 5.04 Å². The Bertz CT molecular complexity index is 299. The average Bonchev–Trinajstić information content (AvgIpc) is 2.35. The Labute approximate surface area is 107 Å². The lowest BCUT2D eigenvalue weighted by Gasteiger charge is -2.39. The molecular weight excluding hydrogens is 236 g/mol. The smallest absolute Gasteiger partial charge is 0.230 e. The van der Waals surface area contributed by atoms with E-state index in [1.54, 1.807) is 7.05 Å². The van der Waals surface area contributed by atoms with Gasteiger partial charge in [0, 0.05) is 7.05 Å². The van der Waals surface area contributed by atoms with E-state index in [9.17, 15) is 4.79 Å². The Hall–Kier alpha value is -0.710. The van der Waals surface area contributed by atoms with Crippen LogP contribution in [0.25, 0.3) is 0 Å². The van der Waals surface area contributed by atoms with E-state index >= 15 is 0 Å². The van der Waals surface area contributed by atoms with Crippen molar-refractivity contribution in [1.82, 2.24) is 5.32 Å². The number of rotatable bonds is 3. The molecule has 0 radical (unpaired) electrons. The lowest BCUT2D eigenvalue weighted by Crippen LogP contribution is -2.44. The maximum absolute atomic E-state index is 12.1. The van der Waals surface area contributed by atoms with Gasteiger partial charge in [-0.15, -0.1) is 11.8 Å². The van der Waals surface area contributed by atoms with Crippen LogP contribution in [0.15, 0.2) is 5.16 Å². The highest BCUT2D eigenvalue weighted by Gasteiger charge is 2.42. The van der Waals surface area contributed by atoms with Crippen molar-refractivity contribution < 1.29 is 10.0 Å². The van der Waals surface area contributed by atoms with Crippen LogP contribution >= 0.6 is 11.8 Å². The zero-order valence-electron chi connectivity index (χ0n) is 10.8. The molecule has 17 heavy (non-hydrogen) atoms. The molecule has 1 rings (SSSR count). The van der Waals surface area contributed by atoms with Gasteiger partial charge in [0.1, 0.15) is 5.04 Å². The van der Waals surface area contributed by atoms with Gasteiger partial charge in [0.25, 0.3) is 0 Å². The van der Waals surface area contributed by atoms with Gasteiger partial charge in [0.15, 0.2) is 0 Å². The molecule has 98 valence electrons. The van der Waals surface area contributed by atoms with Gasteiger partial charge in [-0.3, -0.25) is 4.79 Å². The predicted octanol–water partition coefficient (Wildman–Crippen LogP) is 2.47. The molecule has 1 aliphatic rings. The lowest BCUT2D eigenvalue weighted by molar-refractivity contribution is -0.126. The molecule has 4 nitrogen and oxygen atoms in total. The number of amides is 1. The minimum absolute atomic E-state index is 0.0449. The zero-order valence-corrected chi connectivity index (χ0v) is 11.6. The molecule has 1 saturated carbocycles. The van der Waals surface area contributed by atoms with Crippen molar-refractivity contribution in [2.75, 3.05) is 13.3 Å². The first-order chi connectivity index (χ1) is 8.09. The molecule has 0 bridgehead atoms. The second kappa shape index (κ2) is 6.28. The van der Waals surface area contributed by atoms with E-state index in [0.717, 1.165) is 25.7 Å². The van der Waals surface area contributed by atoms with Crippen molar-refractivity contribution in [2.45, 2.75) is 39.0 Å². The molecule has 0 heterocycles. The number of oxime groups is 1. The molecule has 5 heteroatoms. The first-order valence-electron chi connectivity index (χ1n) is 6.06. The van der Waals surface area contributed by atoms with Crippen LogP contribution in [0.4, 0.5) is 0 Å². The van der Waals surface area contributed by atoms with Gasteiger partial charge in [-0.05, 0) is 24.5 Å². The minimum atomic E-state index is -0.326. The van der Waals surface area contributed by atoms with E-state index in [-0.39, 0.29) is 17.2 Å². The van der Waals surface area contributed by atoms with Crippen molar-refractivity contribution in [3.05, 3.63) is 0 Å². The molecule has 1 atom stereocenters. The second-order valence-corrected chi connectivity index (χ2v) is 5.73. The summed E-state index contributed by atoms with van der Waals surface area (Å²) in [5, 5.41) is 15.6. The van der Waals surface area contributed by atoms with E-state index in [1.807, 2.05) is 6.26 Å². The second-order valence-electron chi connectivity index (χ2n) is 4.90. The Kier molecular flexibility index (Phi) is 5.31. The molecule has 0 spiro atoms. The summed E-state index contributed by atoms with van der Waals surface area (Å²) in [6.45, 7) is 2.13. The van der Waals surface area contributed by atoms with Gasteiger partial charge in [-0.1, -0.05) is 31.3 Å². The molecule has 0 aromatic carbocycles. The topological polar surface area (TPSA) is 61.7 Å². The fourth-order valence-corrected chi connectivity index (χ4v) is 3.44. The summed E-state index contributed by atoms with van der Waals surface area (Å²) < 4.78 is 0. The number of hydrogen-bond donors (Lipinski definition) is 2. The number of nitrogens with one attached hydrogen (secondary N) is 1. The molecule has 0 aromatic heterocycles. The highest BCUT2D eigenvalue weighted by atomic mass is 32.2. The molecule has 1 fully saturated rings. The van der Waals surface area contributed by atoms with Crippen LogP contribution in [0, 0.1) is 11.3 Å². The summed E-state index contributed by atoms with van der Waals surface area (Å²) in [5.74, 6) is -0.371. The van der Waals surface area contributed by atoms with Gasteiger partial charge in [-0.2, -0.15) is 0 Å². The molecule has 0 aromatic rings. The number of thioether (sulfide) groups is 1. The van der Waals surface area contributed by atoms with Crippen LogP contribution in [-0.2, 0) is 4.79 Å². The van der Waals surface area contributed by atoms with Gasteiger partial charge in [-0.25, -0.2) is 0 Å². The Balaban J connectivity index is 3.00. The normalized spacial score (nSPS) is 21.9. The van der Waals surface area contributed by atoms with Gasteiger partial charge in [0.05, 0.1) is 5.92 Å². The number of carbonyl (C=O) groups excluding carboxylic acids is 1. The largest absolute Gasteiger partial charge is 0.410 e. The third kappa shape index (κ3) is 3.15. The zero-order chi connectivity index (χ0) is 12.9. The van der Waals surface area contributed by atoms with Gasteiger partial charge in [0.2, 0.25) is 5.91 Å². The number of hydrogen-bond acceptors (Lipinski definition) is 4. The maximum Gasteiger partial charge on any atom is 0.230 e. The Morgan fingerprint density at radius 3 is 2.41 bits per heavy atom. The third-order valence-corrected chi connectivity index (χ3v) is 4.49. The third-order valence-electron chi connectivity index (χ3n) is 3.76. The van der Waals surface area contributed by atoms with Crippen molar-refractivity contribution in [2.24, 2.45) is 16.5 Å². The van der Waals surface area contributed by atoms with Crippen LogP contribution in [0.1, 0.15) is 39.0 Å². The summed E-state index contributed by atoms with van der Waals surface area (Å²) in [6, 6.07) is 0. The Morgan fingerprint density at radius 2 is 2.00 bits per heavy atom. The summed E-state index contributed by atoms with van der Waals surface area (Å²) in [7, 11) is 1.64. The Morgan fingerprint density at radius 1 is 1.41 bits per heavy atom. The summed E-state index contributed by atoms with van der Waals surface area (Å²) >= 11 is 1.35. The predicted molar refractivity (Wildman–Crippen MR) is 71.5 cm³/mol. The molecule has 2 N–H and O–H groups in total. The molecule has 1 amide bonds. The van der Waals surface area contributed by atoms with Crippen LogP contribution in [0.5, 0.6) is 0 Å². The van der Waals surface area contributed by atoms with E-state index in [2.05, 4.69) is 17.4 Å². The average molecular weight is 258 g/mol. The molecule has 0 saturated heterocycles. The molecule has 1 aliphatic carbocycles. The van der Waals surface area contributed by atoms with Crippen molar-refractivity contribution in [3.8, 4) is 0 Å². The number of carbonyl (C=O) groups is 1. The quantitative estimate of drug-likeness (QED) is 0.354. The van der Waals surface area contributed by atoms with Crippen LogP contribution in [0.2, 0.25) is 0 Å². The van der Waals surface area contributed by atoms with Gasteiger partial charge < -0.3 is 10.5 Å². The molecular formula is C12H22N2O2S. The molecule has 1 unspecified atom stereocenters. The summed E-state index contributed by atoms with van der Waals surface area (Å²) in [6.07, 6.45) is 7.42. The first kappa shape index (κ1) is 14.4. The minimum Gasteiger partial charge on any atom is -0.410 e. The van der Waals surface area contributed by atoms with Crippen molar-refractivity contribution in [3.63, 3.8) is 0 Å². The van der Waals surface area contributed by atoms with Crippen LogP contribution < -0.4 is 5.32 Å². The van der Waals surface area contributed by atoms with Crippen molar-refractivity contribution in [1.29, 1.82) is 0 Å². The van der Waals surface area contributed by atoms with E-state index in [4.69, 9.17) is 5.21 Å². The SMILES string of the molecule is CNC(=O)C(C(=NO)SC)C1(C)CCCCC1. The summed E-state index contributed by atoms with van der Waals surface area (Å²) in [4.78, 5) is 12.1. The first-order valence-corrected chi connectivity index (χ1v) is 7.29. The van der Waals surface area contributed by atoms with E-state index in [1.165, 1.54) is 18.2 Å². The van der Waals surface area contributed by atoms with Crippen molar-refractivity contribution >= 4 is 22.7 Å². The van der Waals surface area contributed by atoms with E-state index < -0.39 is 0 Å².